The Kier molecular flexibility index (Phi) is 9.08. The topological polar surface area (TPSA) is 58.4 Å². The van der Waals surface area contributed by atoms with Gasteiger partial charge >= 0.3 is 0 Å². The average Bonchev–Trinajstić information content (AvgIpc) is 2.61. The second kappa shape index (κ2) is 10.8. The highest BCUT2D eigenvalue weighted by Crippen LogP contribution is 2.09. The first-order valence-electron chi connectivity index (χ1n) is 8.00. The molecule has 2 aromatic carbocycles. The van der Waals surface area contributed by atoms with E-state index in [1.54, 1.807) is 7.05 Å². The fraction of sp³-hybridized carbons (Fsp3) is 0.316. The van der Waals surface area contributed by atoms with Gasteiger partial charge in [-0.15, -0.1) is 12.4 Å². The van der Waals surface area contributed by atoms with Crippen LogP contribution in [0.15, 0.2) is 54.6 Å². The maximum atomic E-state index is 11.6. The van der Waals surface area contributed by atoms with Gasteiger partial charge in [0.1, 0.15) is 0 Å². The monoisotopic (exact) mass is 347 g/mol. The predicted molar refractivity (Wildman–Crippen MR) is 102 cm³/mol. The smallest absolute Gasteiger partial charge is 0.251 e. The number of carbonyl (C=O) groups excluding carboxylic acids is 1. The zero-order valence-electron chi connectivity index (χ0n) is 14.1. The van der Waals surface area contributed by atoms with Crippen LogP contribution in [0.25, 0.3) is 0 Å². The third kappa shape index (κ3) is 6.32. The van der Waals surface area contributed by atoms with Crippen molar-refractivity contribution in [3.05, 3.63) is 71.3 Å². The summed E-state index contributed by atoms with van der Waals surface area (Å²) in [4.78, 5) is 13.9. The molecule has 4 nitrogen and oxygen atoms in total. The SMILES string of the molecule is CNC(=O)c1ccc(CN(CCN)CCc2ccccc2)cc1.Cl. The molecule has 0 unspecified atom stereocenters. The standard InChI is InChI=1S/C19H25N3O.ClH/c1-21-19(23)18-9-7-17(8-10-18)15-22(14-12-20)13-11-16-5-3-2-4-6-16;/h2-10H,11-15,20H2,1H3,(H,21,23);1H. The molecule has 5 heteroatoms. The van der Waals surface area contributed by atoms with Gasteiger partial charge < -0.3 is 11.1 Å². The number of halogens is 1. The molecule has 0 atom stereocenters. The van der Waals surface area contributed by atoms with Crippen LogP contribution in [0.3, 0.4) is 0 Å². The third-order valence-corrected chi connectivity index (χ3v) is 3.85. The van der Waals surface area contributed by atoms with Gasteiger partial charge in [0.2, 0.25) is 0 Å². The van der Waals surface area contributed by atoms with Gasteiger partial charge in [0.05, 0.1) is 0 Å². The number of amides is 1. The predicted octanol–water partition coefficient (Wildman–Crippen LogP) is 2.47. The fourth-order valence-corrected chi connectivity index (χ4v) is 2.55. The fourth-order valence-electron chi connectivity index (χ4n) is 2.55. The van der Waals surface area contributed by atoms with E-state index in [4.69, 9.17) is 5.73 Å². The first-order valence-corrected chi connectivity index (χ1v) is 8.00. The summed E-state index contributed by atoms with van der Waals surface area (Å²) in [5.74, 6) is -0.0561. The number of rotatable bonds is 8. The van der Waals surface area contributed by atoms with E-state index < -0.39 is 0 Å². The number of carbonyl (C=O) groups is 1. The molecule has 1 amide bonds. The molecule has 130 valence electrons. The minimum absolute atomic E-state index is 0. The Hall–Kier alpha value is -1.88. The first kappa shape index (κ1) is 20.2. The summed E-state index contributed by atoms with van der Waals surface area (Å²) >= 11 is 0. The van der Waals surface area contributed by atoms with Gasteiger partial charge in [-0.2, -0.15) is 0 Å². The molecule has 0 aliphatic carbocycles. The van der Waals surface area contributed by atoms with Gasteiger partial charge in [0.25, 0.3) is 5.91 Å². The summed E-state index contributed by atoms with van der Waals surface area (Å²) in [6.45, 7) is 3.33. The van der Waals surface area contributed by atoms with E-state index in [0.717, 1.165) is 26.1 Å². The van der Waals surface area contributed by atoms with Crippen molar-refractivity contribution in [2.24, 2.45) is 5.73 Å². The van der Waals surface area contributed by atoms with Crippen LogP contribution < -0.4 is 11.1 Å². The van der Waals surface area contributed by atoms with Crippen LogP contribution in [0, 0.1) is 0 Å². The lowest BCUT2D eigenvalue weighted by atomic mass is 10.1. The molecular weight excluding hydrogens is 322 g/mol. The number of benzene rings is 2. The molecule has 24 heavy (non-hydrogen) atoms. The highest BCUT2D eigenvalue weighted by Gasteiger charge is 2.07. The van der Waals surface area contributed by atoms with Crippen molar-refractivity contribution in [3.63, 3.8) is 0 Å². The summed E-state index contributed by atoms with van der Waals surface area (Å²) in [5, 5.41) is 2.63. The summed E-state index contributed by atoms with van der Waals surface area (Å²) in [5.41, 5.74) is 8.96. The largest absolute Gasteiger partial charge is 0.355 e. The minimum atomic E-state index is -0.0561. The highest BCUT2D eigenvalue weighted by molar-refractivity contribution is 5.93. The van der Waals surface area contributed by atoms with Crippen molar-refractivity contribution in [2.45, 2.75) is 13.0 Å². The molecule has 0 aliphatic rings. The van der Waals surface area contributed by atoms with Gasteiger partial charge in [0.15, 0.2) is 0 Å². The second-order valence-corrected chi connectivity index (χ2v) is 5.58. The third-order valence-electron chi connectivity index (χ3n) is 3.85. The van der Waals surface area contributed by atoms with E-state index in [1.807, 2.05) is 30.3 Å². The van der Waals surface area contributed by atoms with Crippen LogP contribution in [-0.2, 0) is 13.0 Å². The Morgan fingerprint density at radius 3 is 2.25 bits per heavy atom. The maximum Gasteiger partial charge on any atom is 0.251 e. The van der Waals surface area contributed by atoms with E-state index in [-0.39, 0.29) is 18.3 Å². The van der Waals surface area contributed by atoms with E-state index in [2.05, 4.69) is 34.5 Å². The van der Waals surface area contributed by atoms with Crippen molar-refractivity contribution in [3.8, 4) is 0 Å². The highest BCUT2D eigenvalue weighted by atomic mass is 35.5. The quantitative estimate of drug-likeness (QED) is 0.771. The number of hydrogen-bond acceptors (Lipinski definition) is 3. The Morgan fingerprint density at radius 2 is 1.67 bits per heavy atom. The molecule has 0 saturated heterocycles. The van der Waals surface area contributed by atoms with Crippen molar-refractivity contribution in [2.75, 3.05) is 26.7 Å². The molecule has 0 fully saturated rings. The lowest BCUT2D eigenvalue weighted by molar-refractivity contribution is 0.0963. The molecule has 0 spiro atoms. The zero-order valence-corrected chi connectivity index (χ0v) is 14.9. The number of hydrogen-bond donors (Lipinski definition) is 2. The van der Waals surface area contributed by atoms with Crippen molar-refractivity contribution < 1.29 is 4.79 Å². The molecule has 0 heterocycles. The summed E-state index contributed by atoms with van der Waals surface area (Å²) in [7, 11) is 1.64. The van der Waals surface area contributed by atoms with Crippen LogP contribution in [0.5, 0.6) is 0 Å². The van der Waals surface area contributed by atoms with Gasteiger partial charge in [-0.3, -0.25) is 9.69 Å². The van der Waals surface area contributed by atoms with Crippen molar-refractivity contribution >= 4 is 18.3 Å². The Labute approximate surface area is 150 Å². The molecule has 2 aromatic rings. The molecule has 2 rings (SSSR count). The maximum absolute atomic E-state index is 11.6. The van der Waals surface area contributed by atoms with Gasteiger partial charge in [-0.25, -0.2) is 0 Å². The van der Waals surface area contributed by atoms with E-state index in [1.165, 1.54) is 11.1 Å². The Morgan fingerprint density at radius 1 is 1.00 bits per heavy atom. The van der Waals surface area contributed by atoms with E-state index in [0.29, 0.717) is 12.1 Å². The number of nitrogens with one attached hydrogen (secondary N) is 1. The van der Waals surface area contributed by atoms with Crippen molar-refractivity contribution in [1.82, 2.24) is 10.2 Å². The van der Waals surface area contributed by atoms with Crippen LogP contribution in [0.2, 0.25) is 0 Å². The lowest BCUT2D eigenvalue weighted by Crippen LogP contribution is -2.31. The number of nitrogens with zero attached hydrogens (tertiary/aromatic N) is 1. The zero-order chi connectivity index (χ0) is 16.5. The normalized spacial score (nSPS) is 10.3. The lowest BCUT2D eigenvalue weighted by Gasteiger charge is -2.22. The molecule has 0 saturated carbocycles. The summed E-state index contributed by atoms with van der Waals surface area (Å²) in [6, 6.07) is 18.2. The van der Waals surface area contributed by atoms with Crippen LogP contribution >= 0.6 is 12.4 Å². The minimum Gasteiger partial charge on any atom is -0.355 e. The second-order valence-electron chi connectivity index (χ2n) is 5.58. The van der Waals surface area contributed by atoms with Crippen molar-refractivity contribution in [1.29, 1.82) is 0 Å². The summed E-state index contributed by atoms with van der Waals surface area (Å²) in [6.07, 6.45) is 1.01. The first-order chi connectivity index (χ1) is 11.2. The van der Waals surface area contributed by atoms with E-state index >= 15 is 0 Å². The molecule has 0 aliphatic heterocycles. The molecule has 0 bridgehead atoms. The van der Waals surface area contributed by atoms with Crippen LogP contribution in [-0.4, -0.2) is 37.5 Å². The average molecular weight is 348 g/mol. The van der Waals surface area contributed by atoms with Crippen LogP contribution in [0.4, 0.5) is 0 Å². The summed E-state index contributed by atoms with van der Waals surface area (Å²) < 4.78 is 0. The van der Waals surface area contributed by atoms with Gasteiger partial charge in [0, 0.05) is 38.8 Å². The number of nitrogens with two attached hydrogens (primary N) is 1. The molecule has 0 aromatic heterocycles. The Balaban J connectivity index is 0.00000288. The van der Waals surface area contributed by atoms with E-state index in [9.17, 15) is 4.79 Å². The van der Waals surface area contributed by atoms with Crippen LogP contribution in [0.1, 0.15) is 21.5 Å². The molecule has 3 N–H and O–H groups in total. The Bertz CT molecular complexity index is 602. The molecule has 0 radical (unpaired) electrons. The van der Waals surface area contributed by atoms with Gasteiger partial charge in [-0.05, 0) is 29.7 Å². The molecular formula is C19H26ClN3O. The van der Waals surface area contributed by atoms with Gasteiger partial charge in [-0.1, -0.05) is 42.5 Å².